The predicted octanol–water partition coefficient (Wildman–Crippen LogP) is 5.28. The Morgan fingerprint density at radius 3 is 1.93 bits per heavy atom. The Balaban J connectivity index is 3.85. The summed E-state index contributed by atoms with van der Waals surface area (Å²) >= 11 is 0. The first kappa shape index (κ1) is 14.0. The SMILES string of the molecule is CCCC(CC)C(C)CCC(C)(C)C. The summed E-state index contributed by atoms with van der Waals surface area (Å²) in [7, 11) is 0. The van der Waals surface area contributed by atoms with Gasteiger partial charge in [0, 0.05) is 0 Å². The summed E-state index contributed by atoms with van der Waals surface area (Å²) in [5.74, 6) is 1.88. The number of hydrogen-bond acceptors (Lipinski definition) is 0. The van der Waals surface area contributed by atoms with Crippen LogP contribution in [0.3, 0.4) is 0 Å². The molecule has 86 valence electrons. The standard InChI is InChI=1S/C14H30/c1-7-9-13(8-2)12(3)10-11-14(4,5)6/h12-13H,7-11H2,1-6H3. The molecule has 14 heavy (non-hydrogen) atoms. The quantitative estimate of drug-likeness (QED) is 0.545. The van der Waals surface area contributed by atoms with Crippen LogP contribution < -0.4 is 0 Å². The van der Waals surface area contributed by atoms with Crippen molar-refractivity contribution in [3.8, 4) is 0 Å². The molecule has 0 aliphatic rings. The number of rotatable bonds is 6. The van der Waals surface area contributed by atoms with Gasteiger partial charge in [-0.15, -0.1) is 0 Å². The fourth-order valence-corrected chi connectivity index (χ4v) is 2.16. The second kappa shape index (κ2) is 6.48. The highest BCUT2D eigenvalue weighted by atomic mass is 14.2. The second-order valence-electron chi connectivity index (χ2n) is 6.03. The summed E-state index contributed by atoms with van der Waals surface area (Å²) < 4.78 is 0. The Hall–Kier alpha value is 0. The Morgan fingerprint density at radius 1 is 1.00 bits per heavy atom. The predicted molar refractivity (Wildman–Crippen MR) is 66.5 cm³/mol. The fourth-order valence-electron chi connectivity index (χ4n) is 2.16. The van der Waals surface area contributed by atoms with Gasteiger partial charge in [0.15, 0.2) is 0 Å². The largest absolute Gasteiger partial charge is 0.0654 e. The Morgan fingerprint density at radius 2 is 1.57 bits per heavy atom. The van der Waals surface area contributed by atoms with Gasteiger partial charge in [-0.1, -0.05) is 60.8 Å². The van der Waals surface area contributed by atoms with Gasteiger partial charge in [0.25, 0.3) is 0 Å². The molecule has 0 rings (SSSR count). The summed E-state index contributed by atoms with van der Waals surface area (Å²) in [4.78, 5) is 0. The van der Waals surface area contributed by atoms with Crippen LogP contribution in [0.1, 0.15) is 73.6 Å². The average Bonchev–Trinajstić information content (AvgIpc) is 2.09. The van der Waals surface area contributed by atoms with E-state index in [4.69, 9.17) is 0 Å². The maximum atomic E-state index is 2.44. The molecule has 0 fully saturated rings. The van der Waals surface area contributed by atoms with Gasteiger partial charge in [0.05, 0.1) is 0 Å². The molecule has 0 radical (unpaired) electrons. The van der Waals surface area contributed by atoms with Crippen molar-refractivity contribution in [3.05, 3.63) is 0 Å². The van der Waals surface area contributed by atoms with Crippen LogP contribution in [0.25, 0.3) is 0 Å². The van der Waals surface area contributed by atoms with E-state index >= 15 is 0 Å². The van der Waals surface area contributed by atoms with E-state index in [0.717, 1.165) is 11.8 Å². The summed E-state index contributed by atoms with van der Waals surface area (Å²) in [6.07, 6.45) is 6.90. The van der Waals surface area contributed by atoms with E-state index < -0.39 is 0 Å². The van der Waals surface area contributed by atoms with Crippen molar-refractivity contribution >= 4 is 0 Å². The van der Waals surface area contributed by atoms with Crippen molar-refractivity contribution in [2.75, 3.05) is 0 Å². The van der Waals surface area contributed by atoms with Crippen LogP contribution in [-0.4, -0.2) is 0 Å². The minimum atomic E-state index is 0.513. The zero-order chi connectivity index (χ0) is 11.2. The van der Waals surface area contributed by atoms with Crippen LogP contribution in [0.2, 0.25) is 0 Å². The first-order chi connectivity index (χ1) is 6.40. The lowest BCUT2D eigenvalue weighted by molar-refractivity contribution is 0.256. The lowest BCUT2D eigenvalue weighted by atomic mass is 9.80. The molecule has 0 bridgehead atoms. The molecule has 0 spiro atoms. The summed E-state index contributed by atoms with van der Waals surface area (Å²) in [5.41, 5.74) is 0.513. The molecule has 0 heterocycles. The van der Waals surface area contributed by atoms with Crippen LogP contribution in [0.4, 0.5) is 0 Å². The van der Waals surface area contributed by atoms with E-state index in [1.807, 2.05) is 0 Å². The van der Waals surface area contributed by atoms with Crippen molar-refractivity contribution in [1.29, 1.82) is 0 Å². The van der Waals surface area contributed by atoms with Crippen molar-refractivity contribution in [2.45, 2.75) is 73.6 Å². The van der Waals surface area contributed by atoms with Gasteiger partial charge in [-0.05, 0) is 30.1 Å². The molecule has 0 aromatic heterocycles. The second-order valence-corrected chi connectivity index (χ2v) is 6.03. The molecule has 0 amide bonds. The van der Waals surface area contributed by atoms with E-state index in [9.17, 15) is 0 Å². The van der Waals surface area contributed by atoms with Gasteiger partial charge >= 0.3 is 0 Å². The number of hydrogen-bond donors (Lipinski definition) is 0. The molecule has 0 heteroatoms. The maximum absolute atomic E-state index is 2.44. The fraction of sp³-hybridized carbons (Fsp3) is 1.00. The highest BCUT2D eigenvalue weighted by Gasteiger charge is 2.17. The molecule has 0 N–H and O–H groups in total. The molecule has 0 aliphatic carbocycles. The van der Waals surface area contributed by atoms with Crippen molar-refractivity contribution in [3.63, 3.8) is 0 Å². The van der Waals surface area contributed by atoms with Gasteiger partial charge in [0.2, 0.25) is 0 Å². The van der Waals surface area contributed by atoms with Crippen LogP contribution in [0.15, 0.2) is 0 Å². The lowest BCUT2D eigenvalue weighted by Crippen LogP contribution is -2.14. The molecule has 0 saturated heterocycles. The lowest BCUT2D eigenvalue weighted by Gasteiger charge is -2.26. The average molecular weight is 198 g/mol. The summed E-state index contributed by atoms with van der Waals surface area (Å²) in [6, 6.07) is 0. The van der Waals surface area contributed by atoms with Crippen molar-refractivity contribution in [2.24, 2.45) is 17.3 Å². The molecule has 0 nitrogen and oxygen atoms in total. The van der Waals surface area contributed by atoms with Crippen molar-refractivity contribution < 1.29 is 0 Å². The van der Waals surface area contributed by atoms with E-state index in [-0.39, 0.29) is 0 Å². The third-order valence-corrected chi connectivity index (χ3v) is 3.34. The first-order valence-corrected chi connectivity index (χ1v) is 6.40. The first-order valence-electron chi connectivity index (χ1n) is 6.40. The molecule has 0 aliphatic heterocycles. The van der Waals surface area contributed by atoms with Gasteiger partial charge in [-0.3, -0.25) is 0 Å². The van der Waals surface area contributed by atoms with Crippen LogP contribution in [0.5, 0.6) is 0 Å². The van der Waals surface area contributed by atoms with E-state index in [2.05, 4.69) is 41.5 Å². The highest BCUT2D eigenvalue weighted by molar-refractivity contribution is 4.69. The smallest absolute Gasteiger partial charge is 0.0383 e. The zero-order valence-corrected chi connectivity index (χ0v) is 11.2. The summed E-state index contributed by atoms with van der Waals surface area (Å²) in [5, 5.41) is 0. The van der Waals surface area contributed by atoms with E-state index in [1.165, 1.54) is 32.1 Å². The summed E-state index contributed by atoms with van der Waals surface area (Å²) in [6.45, 7) is 14.1. The van der Waals surface area contributed by atoms with E-state index in [0.29, 0.717) is 5.41 Å². The van der Waals surface area contributed by atoms with Gasteiger partial charge in [0.1, 0.15) is 0 Å². The van der Waals surface area contributed by atoms with Gasteiger partial charge < -0.3 is 0 Å². The third-order valence-electron chi connectivity index (χ3n) is 3.34. The zero-order valence-electron chi connectivity index (χ0n) is 11.2. The van der Waals surface area contributed by atoms with Crippen LogP contribution in [0, 0.1) is 17.3 Å². The molecule has 0 aromatic carbocycles. The Bertz CT molecular complexity index is 129. The molecule has 2 unspecified atom stereocenters. The third kappa shape index (κ3) is 6.45. The monoisotopic (exact) mass is 198 g/mol. The molecule has 0 saturated carbocycles. The maximum Gasteiger partial charge on any atom is -0.0383 e. The van der Waals surface area contributed by atoms with Gasteiger partial charge in [-0.2, -0.15) is 0 Å². The molecule has 0 aromatic rings. The Labute approximate surface area is 91.5 Å². The molecule has 2 atom stereocenters. The van der Waals surface area contributed by atoms with Crippen LogP contribution in [-0.2, 0) is 0 Å². The minimum absolute atomic E-state index is 0.513. The normalized spacial score (nSPS) is 16.7. The topological polar surface area (TPSA) is 0 Å². The van der Waals surface area contributed by atoms with E-state index in [1.54, 1.807) is 0 Å². The minimum Gasteiger partial charge on any atom is -0.0654 e. The highest BCUT2D eigenvalue weighted by Crippen LogP contribution is 2.30. The Kier molecular flexibility index (Phi) is 6.48. The molecular formula is C14H30. The van der Waals surface area contributed by atoms with Gasteiger partial charge in [-0.25, -0.2) is 0 Å². The van der Waals surface area contributed by atoms with Crippen molar-refractivity contribution in [1.82, 2.24) is 0 Å². The van der Waals surface area contributed by atoms with Crippen LogP contribution >= 0.6 is 0 Å². The molecular weight excluding hydrogens is 168 g/mol.